The van der Waals surface area contributed by atoms with Gasteiger partial charge < -0.3 is 15.5 Å². The van der Waals surface area contributed by atoms with Crippen molar-refractivity contribution in [3.8, 4) is 0 Å². The van der Waals surface area contributed by atoms with E-state index in [9.17, 15) is 14.4 Å². The van der Waals surface area contributed by atoms with Crippen molar-refractivity contribution in [2.45, 2.75) is 19.3 Å². The quantitative estimate of drug-likeness (QED) is 0.895. The first-order chi connectivity index (χ1) is 11.5. The van der Waals surface area contributed by atoms with Gasteiger partial charge in [0.1, 0.15) is 0 Å². The molecule has 7 heteroatoms. The maximum atomic E-state index is 12.7. The molecule has 0 aromatic heterocycles. The number of halogens is 1. The van der Waals surface area contributed by atoms with Crippen LogP contribution in [0.2, 0.25) is 5.02 Å². The lowest BCUT2D eigenvalue weighted by atomic mass is 9.95. The summed E-state index contributed by atoms with van der Waals surface area (Å²) in [4.78, 5) is 39.5. The fourth-order valence-electron chi connectivity index (χ4n) is 3.41. The number of nitrogens with zero attached hydrogens (tertiary/aromatic N) is 2. The number of nitrogens with two attached hydrogens (primary N) is 1. The van der Waals surface area contributed by atoms with E-state index >= 15 is 0 Å². The maximum absolute atomic E-state index is 12.7. The molecule has 1 unspecified atom stereocenters. The number of benzene rings is 1. The van der Waals surface area contributed by atoms with Gasteiger partial charge in [0.05, 0.1) is 5.92 Å². The number of hydrogen-bond acceptors (Lipinski definition) is 3. The summed E-state index contributed by atoms with van der Waals surface area (Å²) in [6.45, 7) is 1.41. The summed E-state index contributed by atoms with van der Waals surface area (Å²) in [5, 5.41) is 0.559. The van der Waals surface area contributed by atoms with Crippen LogP contribution >= 0.6 is 11.6 Å². The van der Waals surface area contributed by atoms with Crippen LogP contribution in [0.4, 0.5) is 5.69 Å². The van der Waals surface area contributed by atoms with E-state index in [4.69, 9.17) is 17.3 Å². The lowest BCUT2D eigenvalue weighted by Gasteiger charge is -2.32. The van der Waals surface area contributed by atoms with E-state index in [0.717, 1.165) is 5.69 Å². The molecule has 1 aromatic carbocycles. The Morgan fingerprint density at radius 2 is 1.88 bits per heavy atom. The Morgan fingerprint density at radius 1 is 1.17 bits per heavy atom. The molecular weight excluding hydrogens is 330 g/mol. The van der Waals surface area contributed by atoms with Crippen molar-refractivity contribution in [2.75, 3.05) is 24.5 Å². The minimum atomic E-state index is -0.346. The van der Waals surface area contributed by atoms with Crippen LogP contribution in [0, 0.1) is 11.8 Å². The van der Waals surface area contributed by atoms with Gasteiger partial charge in [-0.05, 0) is 31.0 Å². The van der Waals surface area contributed by atoms with Gasteiger partial charge in [-0.15, -0.1) is 0 Å². The molecule has 2 aliphatic rings. The van der Waals surface area contributed by atoms with Crippen molar-refractivity contribution in [3.63, 3.8) is 0 Å². The van der Waals surface area contributed by atoms with Gasteiger partial charge in [-0.1, -0.05) is 17.7 Å². The van der Waals surface area contributed by atoms with Crippen molar-refractivity contribution in [1.29, 1.82) is 0 Å². The van der Waals surface area contributed by atoms with Crippen LogP contribution in [-0.4, -0.2) is 42.3 Å². The first-order valence-electron chi connectivity index (χ1n) is 8.09. The van der Waals surface area contributed by atoms with Gasteiger partial charge >= 0.3 is 0 Å². The number of piperidine rings is 1. The molecule has 0 bridgehead atoms. The van der Waals surface area contributed by atoms with Crippen molar-refractivity contribution < 1.29 is 14.4 Å². The van der Waals surface area contributed by atoms with Crippen molar-refractivity contribution in [1.82, 2.24) is 4.90 Å². The predicted molar refractivity (Wildman–Crippen MR) is 90.4 cm³/mol. The molecule has 3 rings (SSSR count). The summed E-state index contributed by atoms with van der Waals surface area (Å²) >= 11 is 5.98. The SMILES string of the molecule is NC(=O)C1CCN(C(=O)C2CC(=O)N(c3cccc(Cl)c3)C2)CC1. The number of hydrogen-bond donors (Lipinski definition) is 1. The normalized spacial score (nSPS) is 22.0. The highest BCUT2D eigenvalue weighted by atomic mass is 35.5. The highest BCUT2D eigenvalue weighted by Crippen LogP contribution is 2.29. The summed E-state index contributed by atoms with van der Waals surface area (Å²) in [7, 11) is 0. The topological polar surface area (TPSA) is 83.7 Å². The molecule has 2 N–H and O–H groups in total. The predicted octanol–water partition coefficient (Wildman–Crippen LogP) is 1.42. The summed E-state index contributed by atoms with van der Waals surface area (Å²) in [6.07, 6.45) is 1.40. The van der Waals surface area contributed by atoms with E-state index in [-0.39, 0.29) is 36.0 Å². The van der Waals surface area contributed by atoms with Crippen molar-refractivity contribution in [2.24, 2.45) is 17.6 Å². The van der Waals surface area contributed by atoms with E-state index in [1.807, 2.05) is 6.07 Å². The lowest BCUT2D eigenvalue weighted by molar-refractivity contribution is -0.138. The Morgan fingerprint density at radius 3 is 2.50 bits per heavy atom. The van der Waals surface area contributed by atoms with Crippen LogP contribution in [0.15, 0.2) is 24.3 Å². The Balaban J connectivity index is 1.63. The monoisotopic (exact) mass is 349 g/mol. The molecule has 0 spiro atoms. The third-order valence-corrected chi connectivity index (χ3v) is 5.04. The van der Waals surface area contributed by atoms with Crippen molar-refractivity contribution >= 4 is 35.0 Å². The lowest BCUT2D eigenvalue weighted by Crippen LogP contribution is -2.44. The Kier molecular flexibility index (Phi) is 4.76. The standard InChI is InChI=1S/C17H20ClN3O3/c18-13-2-1-3-14(9-13)21-10-12(8-15(21)22)17(24)20-6-4-11(5-7-20)16(19)23/h1-3,9,11-12H,4-8,10H2,(H2,19,23). The van der Waals surface area contributed by atoms with Gasteiger partial charge in [-0.25, -0.2) is 0 Å². The highest BCUT2D eigenvalue weighted by molar-refractivity contribution is 6.31. The number of amides is 3. The Hall–Kier alpha value is -2.08. The summed E-state index contributed by atoms with van der Waals surface area (Å²) in [5.41, 5.74) is 6.04. The summed E-state index contributed by atoms with van der Waals surface area (Å²) < 4.78 is 0. The summed E-state index contributed by atoms with van der Waals surface area (Å²) in [6, 6.07) is 7.07. The zero-order valence-electron chi connectivity index (χ0n) is 13.3. The molecule has 2 saturated heterocycles. The molecule has 6 nitrogen and oxygen atoms in total. The second-order valence-electron chi connectivity index (χ2n) is 6.39. The first kappa shape index (κ1) is 16.8. The molecule has 1 atom stereocenters. The minimum Gasteiger partial charge on any atom is -0.369 e. The molecule has 2 fully saturated rings. The zero-order valence-corrected chi connectivity index (χ0v) is 14.0. The van der Waals surface area contributed by atoms with Gasteiger partial charge in [0.2, 0.25) is 17.7 Å². The average molecular weight is 350 g/mol. The Bertz CT molecular complexity index is 671. The van der Waals surface area contributed by atoms with E-state index in [0.29, 0.717) is 37.5 Å². The van der Waals surface area contributed by atoms with E-state index in [1.54, 1.807) is 28.0 Å². The molecule has 2 heterocycles. The highest BCUT2D eigenvalue weighted by Gasteiger charge is 2.38. The number of primary amides is 1. The molecule has 3 amide bonds. The first-order valence-corrected chi connectivity index (χ1v) is 8.47. The number of anilines is 1. The van der Waals surface area contributed by atoms with Gasteiger partial charge in [0.15, 0.2) is 0 Å². The molecule has 24 heavy (non-hydrogen) atoms. The maximum Gasteiger partial charge on any atom is 0.228 e. The van der Waals surface area contributed by atoms with E-state index in [1.165, 1.54) is 0 Å². The van der Waals surface area contributed by atoms with Gasteiger partial charge in [0, 0.05) is 42.7 Å². The molecule has 1 aromatic rings. The molecule has 0 aliphatic carbocycles. The minimum absolute atomic E-state index is 0.0178. The van der Waals surface area contributed by atoms with E-state index < -0.39 is 0 Å². The summed E-state index contributed by atoms with van der Waals surface area (Å²) in [5.74, 6) is -0.882. The third-order valence-electron chi connectivity index (χ3n) is 4.80. The van der Waals surface area contributed by atoms with E-state index in [2.05, 4.69) is 0 Å². The van der Waals surface area contributed by atoms with Gasteiger partial charge in [-0.2, -0.15) is 0 Å². The zero-order chi connectivity index (χ0) is 17.3. The fraction of sp³-hybridized carbons (Fsp3) is 0.471. The second-order valence-corrected chi connectivity index (χ2v) is 6.82. The Labute approximate surface area is 145 Å². The van der Waals surface area contributed by atoms with Crippen molar-refractivity contribution in [3.05, 3.63) is 29.3 Å². The molecular formula is C17H20ClN3O3. The van der Waals surface area contributed by atoms with Crippen LogP contribution in [-0.2, 0) is 14.4 Å². The molecule has 0 radical (unpaired) electrons. The molecule has 2 aliphatic heterocycles. The van der Waals surface area contributed by atoms with Crippen LogP contribution in [0.5, 0.6) is 0 Å². The average Bonchev–Trinajstić information content (AvgIpc) is 2.96. The molecule has 128 valence electrons. The van der Waals surface area contributed by atoms with Gasteiger partial charge in [0.25, 0.3) is 0 Å². The van der Waals surface area contributed by atoms with Crippen LogP contribution < -0.4 is 10.6 Å². The smallest absolute Gasteiger partial charge is 0.228 e. The molecule has 0 saturated carbocycles. The second kappa shape index (κ2) is 6.81. The largest absolute Gasteiger partial charge is 0.369 e. The van der Waals surface area contributed by atoms with Crippen LogP contribution in [0.25, 0.3) is 0 Å². The number of carbonyl (C=O) groups is 3. The van der Waals surface area contributed by atoms with Crippen LogP contribution in [0.1, 0.15) is 19.3 Å². The number of rotatable bonds is 3. The third kappa shape index (κ3) is 3.38. The number of likely N-dealkylation sites (tertiary alicyclic amines) is 1. The fourth-order valence-corrected chi connectivity index (χ4v) is 3.59. The van der Waals surface area contributed by atoms with Crippen LogP contribution in [0.3, 0.4) is 0 Å². The van der Waals surface area contributed by atoms with Gasteiger partial charge in [-0.3, -0.25) is 14.4 Å². The number of carbonyl (C=O) groups excluding carboxylic acids is 3.